The van der Waals surface area contributed by atoms with Gasteiger partial charge in [0.05, 0.1) is 23.3 Å². The van der Waals surface area contributed by atoms with Crippen molar-refractivity contribution >= 4 is 27.9 Å². The summed E-state index contributed by atoms with van der Waals surface area (Å²) in [5.41, 5.74) is -1.20. The van der Waals surface area contributed by atoms with E-state index in [4.69, 9.17) is 14.2 Å². The molecule has 1 aliphatic heterocycles. The van der Waals surface area contributed by atoms with Crippen LogP contribution in [-0.2, 0) is 14.2 Å². The molecule has 178 valence electrons. The van der Waals surface area contributed by atoms with Gasteiger partial charge >= 0.3 is 11.9 Å². The number of aliphatic hydroxyl groups is 2. The third-order valence-electron chi connectivity index (χ3n) is 8.17. The van der Waals surface area contributed by atoms with Gasteiger partial charge in [-0.05, 0) is 42.5 Å². The zero-order chi connectivity index (χ0) is 23.6. The van der Waals surface area contributed by atoms with E-state index in [9.17, 15) is 19.8 Å². The number of carbonyl (C=O) groups is 2. The SMILES string of the molecule is O=C(OC[C@@]1(O)[C@H]2O[C@@H]3[C@H](Br)[C@@H]4C[C@H]3C2C4[C@@H](OC(=O)c2ccccc2)[C@@H]1O)c1ccccc1. The van der Waals surface area contributed by atoms with E-state index in [0.29, 0.717) is 11.1 Å². The molecular formula is C26H25BrO7. The topological polar surface area (TPSA) is 102 Å². The molecule has 2 bridgehead atoms. The van der Waals surface area contributed by atoms with Gasteiger partial charge in [0, 0.05) is 16.7 Å². The zero-order valence-corrected chi connectivity index (χ0v) is 19.8. The van der Waals surface area contributed by atoms with Crippen LogP contribution in [0.2, 0.25) is 0 Å². The quantitative estimate of drug-likeness (QED) is 0.454. The highest BCUT2D eigenvalue weighted by Gasteiger charge is 2.75. The van der Waals surface area contributed by atoms with Gasteiger partial charge in [0.1, 0.15) is 18.8 Å². The van der Waals surface area contributed by atoms with Crippen LogP contribution in [0.15, 0.2) is 60.7 Å². The molecule has 0 spiro atoms. The maximum absolute atomic E-state index is 12.9. The van der Waals surface area contributed by atoms with Crippen LogP contribution in [0, 0.1) is 23.7 Å². The minimum Gasteiger partial charge on any atom is -0.459 e. The number of carbonyl (C=O) groups excluding carboxylic acids is 2. The normalized spacial score (nSPS) is 41.3. The van der Waals surface area contributed by atoms with Crippen molar-refractivity contribution in [3.8, 4) is 0 Å². The number of hydrogen-bond donors (Lipinski definition) is 2. The van der Waals surface area contributed by atoms with Gasteiger partial charge in [0.25, 0.3) is 0 Å². The number of halogens is 1. The standard InChI is InChI=1S/C26H25BrO7/c27-19-15-11-16-18-17(15)21(34-25(30)14-9-5-2-6-10-14)22(28)26(31,23(18)33-20(16)19)12-32-24(29)13-7-3-1-4-8-13/h1-10,15-23,28,31H,11-12H2/t15-,16+,17?,18?,19-,20+,21-,22+,23+,26+/m1/s1. The monoisotopic (exact) mass is 528 g/mol. The molecule has 3 saturated carbocycles. The number of alkyl halides is 1. The maximum atomic E-state index is 12.9. The summed E-state index contributed by atoms with van der Waals surface area (Å²) >= 11 is 3.76. The summed E-state index contributed by atoms with van der Waals surface area (Å²) < 4.78 is 17.7. The summed E-state index contributed by atoms with van der Waals surface area (Å²) in [6.45, 7) is -0.466. The van der Waals surface area contributed by atoms with E-state index in [-0.39, 0.29) is 34.6 Å². The fraction of sp³-hybridized carbons (Fsp3) is 0.462. The van der Waals surface area contributed by atoms with Gasteiger partial charge in [-0.15, -0.1) is 0 Å². The first-order chi connectivity index (χ1) is 16.4. The molecule has 2 unspecified atom stereocenters. The first-order valence-corrected chi connectivity index (χ1v) is 12.5. The van der Waals surface area contributed by atoms with Crippen molar-refractivity contribution in [2.24, 2.45) is 23.7 Å². The predicted octanol–water partition coefficient (Wildman–Crippen LogP) is 2.59. The summed E-state index contributed by atoms with van der Waals surface area (Å²) in [5, 5.41) is 23.2. The van der Waals surface area contributed by atoms with E-state index >= 15 is 0 Å². The number of aliphatic hydroxyl groups excluding tert-OH is 1. The van der Waals surface area contributed by atoms with Crippen LogP contribution in [-0.4, -0.2) is 63.6 Å². The van der Waals surface area contributed by atoms with E-state index in [0.717, 1.165) is 6.42 Å². The largest absolute Gasteiger partial charge is 0.459 e. The van der Waals surface area contributed by atoms with E-state index in [1.54, 1.807) is 60.7 Å². The summed E-state index contributed by atoms with van der Waals surface area (Å²) in [4.78, 5) is 25.6. The van der Waals surface area contributed by atoms with Gasteiger partial charge in [-0.3, -0.25) is 0 Å². The van der Waals surface area contributed by atoms with Crippen LogP contribution < -0.4 is 0 Å². The van der Waals surface area contributed by atoms with E-state index in [1.165, 1.54) is 0 Å². The maximum Gasteiger partial charge on any atom is 0.338 e. The zero-order valence-electron chi connectivity index (χ0n) is 18.2. The van der Waals surface area contributed by atoms with Crippen LogP contribution in [0.25, 0.3) is 0 Å². The lowest BCUT2D eigenvalue weighted by molar-refractivity contribution is -0.242. The average Bonchev–Trinajstić information content (AvgIpc) is 3.50. The van der Waals surface area contributed by atoms with Crippen molar-refractivity contribution in [3.63, 3.8) is 0 Å². The summed E-state index contributed by atoms with van der Waals surface area (Å²) in [7, 11) is 0. The Kier molecular flexibility index (Phi) is 5.33. The fourth-order valence-electron chi connectivity index (χ4n) is 6.73. The van der Waals surface area contributed by atoms with E-state index in [2.05, 4.69) is 15.9 Å². The van der Waals surface area contributed by atoms with Gasteiger partial charge in [-0.25, -0.2) is 9.59 Å². The Balaban J connectivity index is 1.30. The second-order valence-corrected chi connectivity index (χ2v) is 10.9. The van der Waals surface area contributed by atoms with Crippen molar-refractivity contribution < 1.29 is 34.0 Å². The van der Waals surface area contributed by atoms with Crippen molar-refractivity contribution in [1.29, 1.82) is 0 Å². The Hall–Kier alpha value is -2.26. The third kappa shape index (κ3) is 3.19. The Morgan fingerprint density at radius 1 is 0.971 bits per heavy atom. The van der Waals surface area contributed by atoms with Crippen LogP contribution >= 0.6 is 15.9 Å². The Morgan fingerprint density at radius 2 is 1.59 bits per heavy atom. The number of benzene rings is 2. The van der Waals surface area contributed by atoms with Gasteiger partial charge < -0.3 is 24.4 Å². The van der Waals surface area contributed by atoms with Gasteiger partial charge in [0.15, 0.2) is 5.60 Å². The molecular weight excluding hydrogens is 504 g/mol. The van der Waals surface area contributed by atoms with E-state index in [1.807, 2.05) is 0 Å². The van der Waals surface area contributed by atoms with Crippen molar-refractivity contribution in [2.75, 3.05) is 6.61 Å². The predicted molar refractivity (Wildman–Crippen MR) is 123 cm³/mol. The summed E-state index contributed by atoms with van der Waals surface area (Å²) in [6, 6.07) is 17.0. The molecule has 2 aromatic rings. The number of ether oxygens (including phenoxy) is 3. The lowest BCUT2D eigenvalue weighted by atomic mass is 9.62. The highest BCUT2D eigenvalue weighted by molar-refractivity contribution is 9.09. The Morgan fingerprint density at radius 3 is 2.24 bits per heavy atom. The smallest absolute Gasteiger partial charge is 0.338 e. The highest BCUT2D eigenvalue weighted by atomic mass is 79.9. The summed E-state index contributed by atoms with van der Waals surface area (Å²) in [6.07, 6.45) is -2.37. The second kappa shape index (κ2) is 8.16. The molecule has 1 saturated heterocycles. The lowest BCUT2D eigenvalue weighted by Crippen LogP contribution is -2.69. The first-order valence-electron chi connectivity index (χ1n) is 11.6. The average molecular weight is 529 g/mol. The minimum absolute atomic E-state index is 0.0445. The van der Waals surface area contributed by atoms with Gasteiger partial charge in [0.2, 0.25) is 0 Å². The lowest BCUT2D eigenvalue weighted by Gasteiger charge is -2.50. The van der Waals surface area contributed by atoms with Crippen molar-refractivity contribution in [1.82, 2.24) is 0 Å². The molecule has 0 aromatic heterocycles. The third-order valence-corrected chi connectivity index (χ3v) is 9.37. The Bertz CT molecular complexity index is 1090. The number of esters is 2. The molecule has 2 aromatic carbocycles. The van der Waals surface area contributed by atoms with Crippen molar-refractivity contribution in [3.05, 3.63) is 71.8 Å². The molecule has 3 aliphatic carbocycles. The molecule has 0 radical (unpaired) electrons. The summed E-state index contributed by atoms with van der Waals surface area (Å²) in [5.74, 6) is -1.08. The van der Waals surface area contributed by atoms with Crippen molar-refractivity contribution in [2.45, 2.75) is 41.3 Å². The molecule has 7 nitrogen and oxygen atoms in total. The Labute approximate surface area is 205 Å². The van der Waals surface area contributed by atoms with Crippen LogP contribution in [0.1, 0.15) is 27.1 Å². The molecule has 8 heteroatoms. The van der Waals surface area contributed by atoms with Crippen LogP contribution in [0.5, 0.6) is 0 Å². The molecule has 2 N–H and O–H groups in total. The molecule has 0 amide bonds. The first kappa shape index (κ1) is 22.2. The number of rotatable bonds is 5. The molecule has 4 aliphatic rings. The van der Waals surface area contributed by atoms with Crippen LogP contribution in [0.3, 0.4) is 0 Å². The molecule has 4 fully saturated rings. The molecule has 1 heterocycles. The number of hydrogen-bond acceptors (Lipinski definition) is 7. The van der Waals surface area contributed by atoms with Crippen LogP contribution in [0.4, 0.5) is 0 Å². The van der Waals surface area contributed by atoms with Gasteiger partial charge in [-0.1, -0.05) is 52.3 Å². The van der Waals surface area contributed by atoms with Gasteiger partial charge in [-0.2, -0.15) is 0 Å². The minimum atomic E-state index is -1.91. The fourth-order valence-corrected chi connectivity index (χ4v) is 7.81. The second-order valence-electron chi connectivity index (χ2n) is 9.80. The van der Waals surface area contributed by atoms with E-state index < -0.39 is 42.5 Å². The molecule has 6 rings (SSSR count). The highest BCUT2D eigenvalue weighted by Crippen LogP contribution is 2.66. The molecule has 10 atom stereocenters. The number of fused-ring (bicyclic) bond motifs is 2. The molecule has 34 heavy (non-hydrogen) atoms.